The van der Waals surface area contributed by atoms with Crippen molar-refractivity contribution in [3.8, 4) is 0 Å². The van der Waals surface area contributed by atoms with Crippen molar-refractivity contribution >= 4 is 24.7 Å². The molecule has 0 amide bonds. The Kier molecular flexibility index (Phi) is 2.55. The average Bonchev–Trinajstić information content (AvgIpc) is 2.58. The van der Waals surface area contributed by atoms with Crippen molar-refractivity contribution in [1.82, 2.24) is 4.98 Å². The number of hydrogen-bond acceptors (Lipinski definition) is 3. The molecule has 0 aliphatic heterocycles. The van der Waals surface area contributed by atoms with Gasteiger partial charge in [-0.15, -0.1) is 0 Å². The third kappa shape index (κ3) is 2.14. The summed E-state index contributed by atoms with van der Waals surface area (Å²) in [5.41, 5.74) is 0.791. The molecule has 0 unspecified atom stereocenters. The lowest BCUT2D eigenvalue weighted by atomic mass is 10.2. The van der Waals surface area contributed by atoms with E-state index in [9.17, 15) is 9.36 Å². The fraction of sp³-hybridized carbons (Fsp3) is 0. The van der Waals surface area contributed by atoms with Crippen LogP contribution in [-0.4, -0.2) is 20.7 Å². The number of benzene rings is 1. The topological polar surface area (TPSA) is 99.6 Å². The van der Waals surface area contributed by atoms with Gasteiger partial charge in [0.15, 0.2) is 0 Å². The maximum Gasteiger partial charge on any atom is 0.527 e. The highest BCUT2D eigenvalue weighted by atomic mass is 31.2. The summed E-state index contributed by atoms with van der Waals surface area (Å²) >= 11 is 0. The Morgan fingerprint density at radius 3 is 2.69 bits per heavy atom. The van der Waals surface area contributed by atoms with Crippen LogP contribution >= 0.6 is 7.82 Å². The van der Waals surface area contributed by atoms with E-state index in [-0.39, 0.29) is 5.56 Å². The van der Waals surface area contributed by atoms with E-state index in [4.69, 9.17) is 9.79 Å². The van der Waals surface area contributed by atoms with Gasteiger partial charge in [-0.2, -0.15) is 0 Å². The van der Waals surface area contributed by atoms with Gasteiger partial charge in [0.05, 0.1) is 5.56 Å². The number of phosphoric ester groups is 1. The van der Waals surface area contributed by atoms with Gasteiger partial charge in [-0.1, -0.05) is 18.2 Å². The number of aromatic amines is 1. The van der Waals surface area contributed by atoms with E-state index in [0.29, 0.717) is 10.9 Å². The average molecular weight is 241 g/mol. The van der Waals surface area contributed by atoms with Crippen molar-refractivity contribution in [2.75, 3.05) is 0 Å². The predicted molar refractivity (Wildman–Crippen MR) is 55.8 cm³/mol. The van der Waals surface area contributed by atoms with E-state index >= 15 is 0 Å². The number of H-pyrrole nitrogens is 1. The van der Waals surface area contributed by atoms with Crippen LogP contribution in [0.15, 0.2) is 30.5 Å². The lowest BCUT2D eigenvalue weighted by molar-refractivity contribution is 0.0680. The molecule has 0 saturated carbocycles. The van der Waals surface area contributed by atoms with Gasteiger partial charge in [0, 0.05) is 17.1 Å². The quantitative estimate of drug-likeness (QED) is 0.690. The van der Waals surface area contributed by atoms with E-state index in [0.717, 1.165) is 0 Å². The van der Waals surface area contributed by atoms with Gasteiger partial charge in [-0.3, -0.25) is 9.79 Å². The van der Waals surface area contributed by atoms with Crippen molar-refractivity contribution in [1.29, 1.82) is 0 Å². The Labute approximate surface area is 90.1 Å². The first-order chi connectivity index (χ1) is 7.47. The van der Waals surface area contributed by atoms with Gasteiger partial charge >= 0.3 is 13.8 Å². The zero-order valence-electron chi connectivity index (χ0n) is 7.95. The van der Waals surface area contributed by atoms with Crippen LogP contribution in [-0.2, 0) is 9.09 Å². The summed E-state index contributed by atoms with van der Waals surface area (Å²) < 4.78 is 14.5. The monoisotopic (exact) mass is 241 g/mol. The highest BCUT2D eigenvalue weighted by Gasteiger charge is 2.23. The minimum Gasteiger partial charge on any atom is -0.367 e. The molecule has 1 aromatic carbocycles. The Balaban J connectivity index is 2.41. The van der Waals surface area contributed by atoms with Gasteiger partial charge in [-0.05, 0) is 6.07 Å². The van der Waals surface area contributed by atoms with Gasteiger partial charge in [-0.25, -0.2) is 9.36 Å². The SMILES string of the molecule is O=C(OP(=O)(O)O)c1c[nH]c2ccccc12. The minimum atomic E-state index is -4.80. The molecule has 0 spiro atoms. The molecule has 0 aliphatic rings. The highest BCUT2D eigenvalue weighted by Crippen LogP contribution is 2.37. The molecule has 0 atom stereocenters. The largest absolute Gasteiger partial charge is 0.527 e. The van der Waals surface area contributed by atoms with Crippen molar-refractivity contribution in [2.45, 2.75) is 0 Å². The van der Waals surface area contributed by atoms with Crippen LogP contribution in [0.3, 0.4) is 0 Å². The number of fused-ring (bicyclic) bond motifs is 1. The fourth-order valence-corrected chi connectivity index (χ4v) is 1.71. The van der Waals surface area contributed by atoms with Crippen LogP contribution in [0.1, 0.15) is 10.4 Å². The molecule has 2 aromatic rings. The molecule has 84 valence electrons. The van der Waals surface area contributed by atoms with Crippen LogP contribution in [0.2, 0.25) is 0 Å². The Morgan fingerprint density at radius 2 is 2.00 bits per heavy atom. The standard InChI is InChI=1S/C9H8NO5P/c11-9(15-16(12,13)14)7-5-10-8-4-2-1-3-6(7)8/h1-5,10H,(H2,12,13,14). The van der Waals surface area contributed by atoms with E-state index in [2.05, 4.69) is 9.51 Å². The van der Waals surface area contributed by atoms with E-state index in [1.807, 2.05) is 0 Å². The maximum absolute atomic E-state index is 11.4. The second kappa shape index (κ2) is 3.75. The van der Waals surface area contributed by atoms with E-state index < -0.39 is 13.8 Å². The molecule has 1 aromatic heterocycles. The van der Waals surface area contributed by atoms with E-state index in [1.165, 1.54) is 6.20 Å². The number of rotatable bonds is 2. The van der Waals surface area contributed by atoms with Crippen LogP contribution < -0.4 is 0 Å². The predicted octanol–water partition coefficient (Wildman–Crippen LogP) is 1.42. The third-order valence-corrected chi connectivity index (χ3v) is 2.41. The third-order valence-electron chi connectivity index (χ3n) is 2.01. The highest BCUT2D eigenvalue weighted by molar-refractivity contribution is 7.46. The van der Waals surface area contributed by atoms with Gasteiger partial charge in [0.2, 0.25) is 0 Å². The molecule has 3 N–H and O–H groups in total. The van der Waals surface area contributed by atoms with Gasteiger partial charge in [0.25, 0.3) is 0 Å². The molecule has 6 nitrogen and oxygen atoms in total. The van der Waals surface area contributed by atoms with Crippen molar-refractivity contribution in [3.05, 3.63) is 36.0 Å². The summed E-state index contributed by atoms with van der Waals surface area (Å²) in [5.74, 6) is -1.05. The second-order valence-electron chi connectivity index (χ2n) is 3.12. The van der Waals surface area contributed by atoms with Crippen LogP contribution in [0.25, 0.3) is 10.9 Å². The van der Waals surface area contributed by atoms with Crippen molar-refractivity contribution < 1.29 is 23.7 Å². The zero-order chi connectivity index (χ0) is 11.8. The smallest absolute Gasteiger partial charge is 0.367 e. The molecule has 2 rings (SSSR count). The number of nitrogens with one attached hydrogen (secondary N) is 1. The molecular formula is C9H8NO5P. The number of phosphoric acid groups is 1. The van der Waals surface area contributed by atoms with Crippen LogP contribution in [0, 0.1) is 0 Å². The lowest BCUT2D eigenvalue weighted by Crippen LogP contribution is -2.02. The molecule has 7 heteroatoms. The maximum atomic E-state index is 11.4. The molecular weight excluding hydrogens is 233 g/mol. The summed E-state index contributed by atoms with van der Waals surface area (Å²) in [6.07, 6.45) is 1.35. The summed E-state index contributed by atoms with van der Waals surface area (Å²) in [6.45, 7) is 0. The number of hydrogen-bond donors (Lipinski definition) is 3. The summed E-state index contributed by atoms with van der Waals surface area (Å²) in [7, 11) is -4.80. The zero-order valence-corrected chi connectivity index (χ0v) is 8.85. The summed E-state index contributed by atoms with van der Waals surface area (Å²) in [6, 6.07) is 6.88. The fourth-order valence-electron chi connectivity index (χ4n) is 1.40. The Bertz CT molecular complexity index is 584. The number of aromatic nitrogens is 1. The van der Waals surface area contributed by atoms with Gasteiger partial charge in [0.1, 0.15) is 0 Å². The molecule has 0 radical (unpaired) electrons. The number of para-hydroxylation sites is 1. The normalized spacial score (nSPS) is 11.6. The first-order valence-corrected chi connectivity index (χ1v) is 5.86. The minimum absolute atomic E-state index is 0.0962. The number of carbonyl (C=O) groups is 1. The first-order valence-electron chi connectivity index (χ1n) is 4.33. The lowest BCUT2D eigenvalue weighted by Gasteiger charge is -2.03. The van der Waals surface area contributed by atoms with E-state index in [1.54, 1.807) is 24.3 Å². The van der Waals surface area contributed by atoms with Gasteiger partial charge < -0.3 is 9.51 Å². The van der Waals surface area contributed by atoms with Crippen LogP contribution in [0.4, 0.5) is 0 Å². The van der Waals surface area contributed by atoms with Crippen molar-refractivity contribution in [2.24, 2.45) is 0 Å². The first kappa shape index (κ1) is 10.9. The summed E-state index contributed by atoms with van der Waals surface area (Å²) in [5, 5.41) is 0.556. The molecule has 1 heterocycles. The van der Waals surface area contributed by atoms with Crippen molar-refractivity contribution in [3.63, 3.8) is 0 Å². The Morgan fingerprint density at radius 1 is 1.31 bits per heavy atom. The molecule has 0 aliphatic carbocycles. The summed E-state index contributed by atoms with van der Waals surface area (Å²) in [4.78, 5) is 31.2. The molecule has 16 heavy (non-hydrogen) atoms. The Hall–Kier alpha value is -1.62. The molecule has 0 bridgehead atoms. The molecule has 0 saturated heterocycles. The second-order valence-corrected chi connectivity index (χ2v) is 4.28. The van der Waals surface area contributed by atoms with Crippen LogP contribution in [0.5, 0.6) is 0 Å². The number of carbonyl (C=O) groups excluding carboxylic acids is 1. The molecule has 0 fully saturated rings.